The normalized spacial score (nSPS) is 16.3. The second kappa shape index (κ2) is 7.66. The Morgan fingerprint density at radius 3 is 2.37 bits per heavy atom. The first-order valence-electron chi connectivity index (χ1n) is 7.44. The average Bonchev–Trinajstić information content (AvgIpc) is 2.35. The molecule has 0 aliphatic carbocycles. The molecular weight excluding hydrogens is 234 g/mol. The summed E-state index contributed by atoms with van der Waals surface area (Å²) in [5.41, 5.74) is 0.785. The van der Waals surface area contributed by atoms with Crippen molar-refractivity contribution < 1.29 is 5.11 Å². The van der Waals surface area contributed by atoms with Crippen LogP contribution >= 0.6 is 0 Å². The molecule has 2 heteroatoms. The van der Waals surface area contributed by atoms with Gasteiger partial charge in [-0.3, -0.25) is 0 Å². The molecule has 0 heterocycles. The van der Waals surface area contributed by atoms with Gasteiger partial charge in [0, 0.05) is 13.1 Å². The van der Waals surface area contributed by atoms with E-state index < -0.39 is 5.60 Å². The highest BCUT2D eigenvalue weighted by Gasteiger charge is 2.20. The number of hydrogen-bond acceptors (Lipinski definition) is 2. The molecule has 0 bridgehead atoms. The van der Waals surface area contributed by atoms with E-state index in [1.807, 2.05) is 6.92 Å². The Hall–Kier alpha value is -0.860. The molecule has 0 saturated carbocycles. The summed E-state index contributed by atoms with van der Waals surface area (Å²) in [5, 5.41) is 13.6. The van der Waals surface area contributed by atoms with Crippen molar-refractivity contribution >= 4 is 0 Å². The van der Waals surface area contributed by atoms with Crippen molar-refractivity contribution in [1.29, 1.82) is 0 Å². The summed E-state index contributed by atoms with van der Waals surface area (Å²) in [6.07, 6.45) is 1.86. The molecule has 2 N–H and O–H groups in total. The summed E-state index contributed by atoms with van der Waals surface area (Å²) in [6, 6.07) is 10.6. The number of benzene rings is 1. The van der Waals surface area contributed by atoms with Gasteiger partial charge < -0.3 is 10.4 Å². The van der Waals surface area contributed by atoms with Crippen LogP contribution in [0.3, 0.4) is 0 Å². The molecule has 1 aromatic carbocycles. The zero-order valence-corrected chi connectivity index (χ0v) is 12.8. The zero-order valence-electron chi connectivity index (χ0n) is 12.8. The monoisotopic (exact) mass is 263 g/mol. The van der Waals surface area contributed by atoms with Gasteiger partial charge in [-0.25, -0.2) is 0 Å². The summed E-state index contributed by atoms with van der Waals surface area (Å²) in [7, 11) is 0. The highest BCUT2D eigenvalue weighted by atomic mass is 16.3. The Labute approximate surface area is 118 Å². The Bertz CT molecular complexity index is 346. The second-order valence-corrected chi connectivity index (χ2v) is 6.14. The quantitative estimate of drug-likeness (QED) is 0.751. The van der Waals surface area contributed by atoms with Gasteiger partial charge in [0.25, 0.3) is 0 Å². The third kappa shape index (κ3) is 5.75. The van der Waals surface area contributed by atoms with Gasteiger partial charge in [0.05, 0.1) is 5.60 Å². The van der Waals surface area contributed by atoms with Crippen LogP contribution in [0.4, 0.5) is 0 Å². The molecule has 0 aliphatic rings. The fourth-order valence-corrected chi connectivity index (χ4v) is 2.56. The van der Waals surface area contributed by atoms with Crippen molar-refractivity contribution in [3.63, 3.8) is 0 Å². The molecule has 0 aliphatic heterocycles. The SMILES string of the molecule is CCCC(C)(O)CNCC(c1ccccc1)C(C)C. The van der Waals surface area contributed by atoms with Gasteiger partial charge in [0.1, 0.15) is 0 Å². The highest BCUT2D eigenvalue weighted by molar-refractivity contribution is 5.20. The van der Waals surface area contributed by atoms with Crippen LogP contribution in [0.15, 0.2) is 30.3 Å². The standard InChI is InChI=1S/C17H29NO/c1-5-11-17(4,19)13-18-12-16(14(2)3)15-9-7-6-8-10-15/h6-10,14,16,18-19H,5,11-13H2,1-4H3. The van der Waals surface area contributed by atoms with Crippen LogP contribution in [0, 0.1) is 5.92 Å². The van der Waals surface area contributed by atoms with Gasteiger partial charge in [-0.1, -0.05) is 57.5 Å². The predicted octanol–water partition coefficient (Wildman–Crippen LogP) is 3.57. The molecule has 1 rings (SSSR count). The summed E-state index contributed by atoms with van der Waals surface area (Å²) in [5.74, 6) is 1.09. The molecule has 0 amide bonds. The van der Waals surface area contributed by atoms with Gasteiger partial charge >= 0.3 is 0 Å². The van der Waals surface area contributed by atoms with Gasteiger partial charge in [-0.05, 0) is 30.7 Å². The van der Waals surface area contributed by atoms with Crippen molar-refractivity contribution in [2.75, 3.05) is 13.1 Å². The van der Waals surface area contributed by atoms with Gasteiger partial charge in [-0.15, -0.1) is 0 Å². The summed E-state index contributed by atoms with van der Waals surface area (Å²) < 4.78 is 0. The smallest absolute Gasteiger partial charge is 0.0743 e. The van der Waals surface area contributed by atoms with Gasteiger partial charge in [0.15, 0.2) is 0 Å². The average molecular weight is 263 g/mol. The van der Waals surface area contributed by atoms with Crippen LogP contribution in [-0.4, -0.2) is 23.8 Å². The molecule has 2 nitrogen and oxygen atoms in total. The van der Waals surface area contributed by atoms with E-state index in [2.05, 4.69) is 56.4 Å². The molecule has 1 aromatic rings. The van der Waals surface area contributed by atoms with E-state index in [0.717, 1.165) is 19.4 Å². The third-order valence-electron chi connectivity index (χ3n) is 3.69. The van der Waals surface area contributed by atoms with E-state index in [-0.39, 0.29) is 0 Å². The minimum Gasteiger partial charge on any atom is -0.389 e. The molecule has 2 atom stereocenters. The van der Waals surface area contributed by atoms with Crippen molar-refractivity contribution in [1.82, 2.24) is 5.32 Å². The Kier molecular flexibility index (Phi) is 6.53. The van der Waals surface area contributed by atoms with Crippen molar-refractivity contribution in [3.05, 3.63) is 35.9 Å². The van der Waals surface area contributed by atoms with E-state index in [0.29, 0.717) is 18.4 Å². The van der Waals surface area contributed by atoms with E-state index in [1.165, 1.54) is 5.56 Å². The first-order valence-corrected chi connectivity index (χ1v) is 7.44. The highest BCUT2D eigenvalue weighted by Crippen LogP contribution is 2.23. The summed E-state index contributed by atoms with van der Waals surface area (Å²) in [6.45, 7) is 10.1. The zero-order chi connectivity index (χ0) is 14.3. The molecule has 0 saturated heterocycles. The molecule has 0 spiro atoms. The van der Waals surface area contributed by atoms with Crippen LogP contribution < -0.4 is 5.32 Å². The lowest BCUT2D eigenvalue weighted by Crippen LogP contribution is -2.39. The first-order chi connectivity index (χ1) is 8.96. The lowest BCUT2D eigenvalue weighted by molar-refractivity contribution is 0.0495. The number of aliphatic hydroxyl groups is 1. The minimum atomic E-state index is -0.590. The fourth-order valence-electron chi connectivity index (χ4n) is 2.56. The Morgan fingerprint density at radius 2 is 1.84 bits per heavy atom. The number of nitrogens with one attached hydrogen (secondary N) is 1. The molecule has 2 unspecified atom stereocenters. The van der Waals surface area contributed by atoms with E-state index >= 15 is 0 Å². The van der Waals surface area contributed by atoms with Crippen LogP contribution in [-0.2, 0) is 0 Å². The largest absolute Gasteiger partial charge is 0.389 e. The van der Waals surface area contributed by atoms with E-state index in [4.69, 9.17) is 0 Å². The maximum atomic E-state index is 10.2. The molecule has 19 heavy (non-hydrogen) atoms. The first kappa shape index (κ1) is 16.2. The molecule has 0 aromatic heterocycles. The van der Waals surface area contributed by atoms with Crippen LogP contribution in [0.5, 0.6) is 0 Å². The maximum Gasteiger partial charge on any atom is 0.0743 e. The van der Waals surface area contributed by atoms with Crippen molar-refractivity contribution in [3.8, 4) is 0 Å². The van der Waals surface area contributed by atoms with E-state index in [9.17, 15) is 5.11 Å². The summed E-state index contributed by atoms with van der Waals surface area (Å²) >= 11 is 0. The lowest BCUT2D eigenvalue weighted by Gasteiger charge is -2.27. The molecular formula is C17H29NO. The molecule has 0 fully saturated rings. The molecule has 0 radical (unpaired) electrons. The van der Waals surface area contributed by atoms with E-state index in [1.54, 1.807) is 0 Å². The lowest BCUT2D eigenvalue weighted by atomic mass is 9.88. The minimum absolute atomic E-state index is 0.499. The molecule has 108 valence electrons. The van der Waals surface area contributed by atoms with Gasteiger partial charge in [0.2, 0.25) is 0 Å². The second-order valence-electron chi connectivity index (χ2n) is 6.14. The maximum absolute atomic E-state index is 10.2. The van der Waals surface area contributed by atoms with Gasteiger partial charge in [-0.2, -0.15) is 0 Å². The van der Waals surface area contributed by atoms with Crippen LogP contribution in [0.2, 0.25) is 0 Å². The van der Waals surface area contributed by atoms with Crippen LogP contribution in [0.1, 0.15) is 52.0 Å². The number of rotatable bonds is 8. The fraction of sp³-hybridized carbons (Fsp3) is 0.647. The Morgan fingerprint density at radius 1 is 1.21 bits per heavy atom. The summed E-state index contributed by atoms with van der Waals surface area (Å²) in [4.78, 5) is 0. The Balaban J connectivity index is 2.52. The third-order valence-corrected chi connectivity index (χ3v) is 3.69. The number of hydrogen-bond donors (Lipinski definition) is 2. The van der Waals surface area contributed by atoms with Crippen molar-refractivity contribution in [2.24, 2.45) is 5.92 Å². The predicted molar refractivity (Wildman–Crippen MR) is 82.4 cm³/mol. The topological polar surface area (TPSA) is 32.3 Å². The van der Waals surface area contributed by atoms with Crippen LogP contribution in [0.25, 0.3) is 0 Å². The van der Waals surface area contributed by atoms with Crippen molar-refractivity contribution in [2.45, 2.75) is 52.1 Å².